The molecule has 0 atom stereocenters. The molecule has 0 spiro atoms. The van der Waals surface area contributed by atoms with Crippen LogP contribution in [0, 0.1) is 5.92 Å². The summed E-state index contributed by atoms with van der Waals surface area (Å²) in [5.41, 5.74) is 1.43. The molecule has 1 aromatic carbocycles. The molecule has 1 fully saturated rings. The fraction of sp³-hybridized carbons (Fsp3) is 0.455. The van der Waals surface area contributed by atoms with E-state index in [1.165, 1.54) is 18.4 Å². The summed E-state index contributed by atoms with van der Waals surface area (Å²) in [6, 6.07) is 8.58. The normalized spacial score (nSPS) is 17.0. The molecule has 0 bridgehead atoms. The number of hydrogen-bond acceptors (Lipinski definition) is 1. The topological polar surface area (TPSA) is 9.23 Å². The molecule has 0 radical (unpaired) electrons. The van der Waals surface area contributed by atoms with Crippen molar-refractivity contribution in [3.8, 4) is 0 Å². The molecule has 13 heavy (non-hydrogen) atoms. The monoisotopic (exact) mass is 240 g/mol. The SMILES string of the molecule is Brc1ccc(CCC2COC2)cc1. The Bertz CT molecular complexity index is 264. The van der Waals surface area contributed by atoms with Crippen molar-refractivity contribution in [1.82, 2.24) is 0 Å². The molecule has 2 rings (SSSR count). The summed E-state index contributed by atoms with van der Waals surface area (Å²) in [5, 5.41) is 0. The van der Waals surface area contributed by atoms with Gasteiger partial charge in [0.1, 0.15) is 0 Å². The quantitative estimate of drug-likeness (QED) is 0.790. The number of benzene rings is 1. The Morgan fingerprint density at radius 2 is 1.92 bits per heavy atom. The van der Waals surface area contributed by atoms with Crippen LogP contribution in [0.4, 0.5) is 0 Å². The molecule has 0 saturated carbocycles. The van der Waals surface area contributed by atoms with Gasteiger partial charge in [0, 0.05) is 10.4 Å². The fourth-order valence-corrected chi connectivity index (χ4v) is 1.74. The zero-order chi connectivity index (χ0) is 9.10. The van der Waals surface area contributed by atoms with Crippen LogP contribution in [0.3, 0.4) is 0 Å². The molecule has 2 heteroatoms. The van der Waals surface area contributed by atoms with Crippen LogP contribution in [0.5, 0.6) is 0 Å². The predicted molar refractivity (Wildman–Crippen MR) is 56.8 cm³/mol. The average Bonchev–Trinajstić information content (AvgIpc) is 2.05. The van der Waals surface area contributed by atoms with Gasteiger partial charge in [0.2, 0.25) is 0 Å². The summed E-state index contributed by atoms with van der Waals surface area (Å²) in [6.45, 7) is 1.94. The van der Waals surface area contributed by atoms with E-state index in [1.807, 2.05) is 0 Å². The standard InChI is InChI=1S/C11H13BrO/c12-11-5-3-9(4-6-11)1-2-10-7-13-8-10/h3-6,10H,1-2,7-8H2. The van der Waals surface area contributed by atoms with E-state index in [0.717, 1.165) is 23.6 Å². The van der Waals surface area contributed by atoms with Gasteiger partial charge in [0.25, 0.3) is 0 Å². The van der Waals surface area contributed by atoms with Gasteiger partial charge in [-0.05, 0) is 30.5 Å². The van der Waals surface area contributed by atoms with Crippen LogP contribution in [0.25, 0.3) is 0 Å². The van der Waals surface area contributed by atoms with Crippen LogP contribution in [-0.2, 0) is 11.2 Å². The Morgan fingerprint density at radius 1 is 1.23 bits per heavy atom. The van der Waals surface area contributed by atoms with Gasteiger partial charge in [0.15, 0.2) is 0 Å². The van der Waals surface area contributed by atoms with Gasteiger partial charge in [-0.3, -0.25) is 0 Å². The largest absolute Gasteiger partial charge is 0.381 e. The summed E-state index contributed by atoms with van der Waals surface area (Å²) in [5.74, 6) is 0.809. The highest BCUT2D eigenvalue weighted by Gasteiger charge is 2.17. The lowest BCUT2D eigenvalue weighted by atomic mass is 9.98. The third-order valence-corrected chi connectivity index (χ3v) is 2.99. The van der Waals surface area contributed by atoms with Gasteiger partial charge in [0.05, 0.1) is 13.2 Å². The van der Waals surface area contributed by atoms with Crippen LogP contribution in [0.15, 0.2) is 28.7 Å². The average molecular weight is 241 g/mol. The highest BCUT2D eigenvalue weighted by Crippen LogP contribution is 2.18. The molecule has 70 valence electrons. The molecule has 1 saturated heterocycles. The number of ether oxygens (including phenoxy) is 1. The van der Waals surface area contributed by atoms with Crippen molar-refractivity contribution < 1.29 is 4.74 Å². The van der Waals surface area contributed by atoms with Crippen LogP contribution in [0.1, 0.15) is 12.0 Å². The smallest absolute Gasteiger partial charge is 0.0516 e. The Labute approximate surface area is 87.2 Å². The molecule has 0 aromatic heterocycles. The Hall–Kier alpha value is -0.340. The maximum absolute atomic E-state index is 5.13. The van der Waals surface area contributed by atoms with E-state index in [4.69, 9.17) is 4.74 Å². The van der Waals surface area contributed by atoms with Gasteiger partial charge in [-0.2, -0.15) is 0 Å². The van der Waals surface area contributed by atoms with Crippen molar-refractivity contribution in [2.45, 2.75) is 12.8 Å². The Balaban J connectivity index is 1.83. The summed E-state index contributed by atoms with van der Waals surface area (Å²) < 4.78 is 6.29. The first-order chi connectivity index (χ1) is 6.34. The number of aryl methyl sites for hydroxylation is 1. The lowest BCUT2D eigenvalue weighted by Gasteiger charge is -2.25. The molecule has 1 aliphatic rings. The molecular weight excluding hydrogens is 228 g/mol. The number of halogens is 1. The minimum absolute atomic E-state index is 0.809. The van der Waals surface area contributed by atoms with Gasteiger partial charge >= 0.3 is 0 Å². The van der Waals surface area contributed by atoms with Crippen molar-refractivity contribution in [3.05, 3.63) is 34.3 Å². The first-order valence-corrected chi connectivity index (χ1v) is 5.46. The van der Waals surface area contributed by atoms with Gasteiger partial charge < -0.3 is 4.74 Å². The van der Waals surface area contributed by atoms with Gasteiger partial charge in [-0.25, -0.2) is 0 Å². The van der Waals surface area contributed by atoms with Gasteiger partial charge in [-0.1, -0.05) is 28.1 Å². The molecule has 1 heterocycles. The van der Waals surface area contributed by atoms with E-state index < -0.39 is 0 Å². The first kappa shape index (κ1) is 9.22. The fourth-order valence-electron chi connectivity index (χ4n) is 1.47. The van der Waals surface area contributed by atoms with Gasteiger partial charge in [-0.15, -0.1) is 0 Å². The molecule has 0 aliphatic carbocycles. The second-order valence-electron chi connectivity index (χ2n) is 3.57. The first-order valence-electron chi connectivity index (χ1n) is 4.67. The summed E-state index contributed by atoms with van der Waals surface area (Å²) in [6.07, 6.45) is 2.45. The molecule has 0 amide bonds. The van der Waals surface area contributed by atoms with Crippen LogP contribution < -0.4 is 0 Å². The van der Waals surface area contributed by atoms with Crippen molar-refractivity contribution >= 4 is 15.9 Å². The predicted octanol–water partition coefficient (Wildman–Crippen LogP) is 3.03. The van der Waals surface area contributed by atoms with E-state index in [-0.39, 0.29) is 0 Å². The summed E-state index contributed by atoms with van der Waals surface area (Å²) >= 11 is 3.43. The van der Waals surface area contributed by atoms with Crippen LogP contribution >= 0.6 is 15.9 Å². The Morgan fingerprint density at radius 3 is 2.46 bits per heavy atom. The third-order valence-electron chi connectivity index (χ3n) is 2.46. The molecular formula is C11H13BrO. The van der Waals surface area contributed by atoms with Crippen molar-refractivity contribution in [2.75, 3.05) is 13.2 Å². The molecule has 1 aromatic rings. The third kappa shape index (κ3) is 2.55. The highest BCUT2D eigenvalue weighted by atomic mass is 79.9. The molecule has 0 N–H and O–H groups in total. The van der Waals surface area contributed by atoms with E-state index in [9.17, 15) is 0 Å². The Kier molecular flexibility index (Phi) is 3.01. The van der Waals surface area contributed by atoms with Crippen molar-refractivity contribution in [3.63, 3.8) is 0 Å². The van der Waals surface area contributed by atoms with Crippen molar-refractivity contribution in [2.24, 2.45) is 5.92 Å². The second kappa shape index (κ2) is 4.25. The van der Waals surface area contributed by atoms with Crippen LogP contribution in [-0.4, -0.2) is 13.2 Å². The van der Waals surface area contributed by atoms with E-state index in [0.29, 0.717) is 0 Å². The van der Waals surface area contributed by atoms with E-state index in [2.05, 4.69) is 40.2 Å². The maximum Gasteiger partial charge on any atom is 0.0516 e. The molecule has 1 aliphatic heterocycles. The minimum atomic E-state index is 0.809. The zero-order valence-corrected chi connectivity index (χ0v) is 9.09. The number of hydrogen-bond donors (Lipinski definition) is 0. The zero-order valence-electron chi connectivity index (χ0n) is 7.50. The lowest BCUT2D eigenvalue weighted by molar-refractivity contribution is -0.0352. The molecule has 0 unspecified atom stereocenters. The highest BCUT2D eigenvalue weighted by molar-refractivity contribution is 9.10. The summed E-state index contributed by atoms with van der Waals surface area (Å²) in [7, 11) is 0. The maximum atomic E-state index is 5.13. The van der Waals surface area contributed by atoms with Crippen LogP contribution in [0.2, 0.25) is 0 Å². The second-order valence-corrected chi connectivity index (χ2v) is 4.48. The number of rotatable bonds is 3. The molecule has 1 nitrogen and oxygen atoms in total. The van der Waals surface area contributed by atoms with E-state index >= 15 is 0 Å². The van der Waals surface area contributed by atoms with Crippen molar-refractivity contribution in [1.29, 1.82) is 0 Å². The lowest BCUT2D eigenvalue weighted by Crippen LogP contribution is -2.27. The van der Waals surface area contributed by atoms with E-state index in [1.54, 1.807) is 0 Å². The summed E-state index contributed by atoms with van der Waals surface area (Å²) in [4.78, 5) is 0. The minimum Gasteiger partial charge on any atom is -0.381 e.